The second-order valence-electron chi connectivity index (χ2n) is 4.46. The standard InChI is InChI=1S/C12H14N2O3/c1-8(15)14-12-6-2-3-11(16)10(12)5-4-9(7-13)17-12/h4,10H,2-3,5-6H2,1H3,(H,14,15)/t10-,12-/m1/s1. The lowest BCUT2D eigenvalue weighted by Gasteiger charge is -2.44. The van der Waals surface area contributed by atoms with Crippen LogP contribution in [0.2, 0.25) is 0 Å². The lowest BCUT2D eigenvalue weighted by molar-refractivity contribution is -0.154. The van der Waals surface area contributed by atoms with Gasteiger partial charge in [0.25, 0.3) is 0 Å². The molecule has 1 saturated carbocycles. The molecule has 1 fully saturated rings. The van der Waals surface area contributed by atoms with Gasteiger partial charge in [0.1, 0.15) is 11.9 Å². The Balaban J connectivity index is 2.34. The first-order valence-electron chi connectivity index (χ1n) is 5.68. The highest BCUT2D eigenvalue weighted by Gasteiger charge is 2.49. The number of nitrogens with one attached hydrogen (secondary N) is 1. The second-order valence-corrected chi connectivity index (χ2v) is 4.46. The van der Waals surface area contributed by atoms with Gasteiger partial charge in [-0.15, -0.1) is 0 Å². The van der Waals surface area contributed by atoms with Gasteiger partial charge in [0.05, 0.1) is 5.92 Å². The molecular weight excluding hydrogens is 220 g/mol. The Morgan fingerprint density at radius 1 is 1.71 bits per heavy atom. The minimum Gasteiger partial charge on any atom is -0.457 e. The van der Waals surface area contributed by atoms with Crippen molar-refractivity contribution in [2.45, 2.75) is 38.3 Å². The molecule has 17 heavy (non-hydrogen) atoms. The summed E-state index contributed by atoms with van der Waals surface area (Å²) in [4.78, 5) is 23.1. The van der Waals surface area contributed by atoms with Crippen molar-refractivity contribution < 1.29 is 14.3 Å². The molecule has 1 N–H and O–H groups in total. The van der Waals surface area contributed by atoms with Crippen molar-refractivity contribution in [2.24, 2.45) is 5.92 Å². The predicted octanol–water partition coefficient (Wildman–Crippen LogP) is 1.02. The maximum atomic E-state index is 11.9. The number of amides is 1. The molecule has 5 nitrogen and oxygen atoms in total. The number of ether oxygens (including phenoxy) is 1. The number of carbonyl (C=O) groups excluding carboxylic acids is 2. The molecule has 0 spiro atoms. The summed E-state index contributed by atoms with van der Waals surface area (Å²) in [5.74, 6) is -0.330. The summed E-state index contributed by atoms with van der Waals surface area (Å²) in [5, 5.41) is 11.6. The highest BCUT2D eigenvalue weighted by Crippen LogP contribution is 2.39. The molecule has 5 heteroatoms. The van der Waals surface area contributed by atoms with Gasteiger partial charge < -0.3 is 10.1 Å². The van der Waals surface area contributed by atoms with Crippen molar-refractivity contribution in [2.75, 3.05) is 0 Å². The summed E-state index contributed by atoms with van der Waals surface area (Å²) >= 11 is 0. The van der Waals surface area contributed by atoms with Gasteiger partial charge in [-0.05, 0) is 18.9 Å². The monoisotopic (exact) mass is 234 g/mol. The third-order valence-corrected chi connectivity index (χ3v) is 3.25. The first-order chi connectivity index (χ1) is 8.07. The molecule has 1 aliphatic carbocycles. The molecule has 2 aliphatic rings. The van der Waals surface area contributed by atoms with E-state index < -0.39 is 5.72 Å². The zero-order valence-corrected chi connectivity index (χ0v) is 9.66. The molecule has 0 aromatic carbocycles. The number of Topliss-reactive ketones (excluding diaryl/α,β-unsaturated/α-hetero) is 1. The molecule has 1 heterocycles. The fourth-order valence-corrected chi connectivity index (χ4v) is 2.58. The molecule has 0 radical (unpaired) electrons. The Bertz CT molecular complexity index is 436. The highest BCUT2D eigenvalue weighted by molar-refractivity contribution is 5.85. The van der Waals surface area contributed by atoms with Crippen LogP contribution < -0.4 is 5.32 Å². The van der Waals surface area contributed by atoms with Gasteiger partial charge in [0.2, 0.25) is 5.91 Å². The van der Waals surface area contributed by atoms with Gasteiger partial charge in [-0.25, -0.2) is 0 Å². The van der Waals surface area contributed by atoms with E-state index in [1.165, 1.54) is 6.92 Å². The maximum Gasteiger partial charge on any atom is 0.219 e. The van der Waals surface area contributed by atoms with Crippen LogP contribution in [0.25, 0.3) is 0 Å². The Hall–Kier alpha value is -1.83. The number of fused-ring (bicyclic) bond motifs is 1. The average molecular weight is 234 g/mol. The molecule has 1 amide bonds. The molecule has 2 atom stereocenters. The molecule has 0 bridgehead atoms. The summed E-state index contributed by atoms with van der Waals surface area (Å²) in [6.07, 6.45) is 3.84. The predicted molar refractivity (Wildman–Crippen MR) is 58.3 cm³/mol. The number of carbonyl (C=O) groups is 2. The third kappa shape index (κ3) is 2.03. The summed E-state index contributed by atoms with van der Waals surface area (Å²) in [6, 6.07) is 1.93. The van der Waals surface area contributed by atoms with Crippen molar-refractivity contribution in [1.29, 1.82) is 5.26 Å². The van der Waals surface area contributed by atoms with Crippen LogP contribution in [0.5, 0.6) is 0 Å². The molecule has 0 unspecified atom stereocenters. The summed E-state index contributed by atoms with van der Waals surface area (Å²) < 4.78 is 5.56. The molecule has 0 aromatic heterocycles. The Morgan fingerprint density at radius 3 is 3.12 bits per heavy atom. The van der Waals surface area contributed by atoms with Gasteiger partial charge >= 0.3 is 0 Å². The minimum atomic E-state index is -0.999. The van der Waals surface area contributed by atoms with Crippen LogP contribution in [0.3, 0.4) is 0 Å². The van der Waals surface area contributed by atoms with Crippen molar-refractivity contribution in [3.05, 3.63) is 11.8 Å². The van der Waals surface area contributed by atoms with E-state index in [1.807, 2.05) is 6.07 Å². The van der Waals surface area contributed by atoms with Gasteiger partial charge in [-0.2, -0.15) is 5.26 Å². The van der Waals surface area contributed by atoms with Gasteiger partial charge in [0.15, 0.2) is 11.5 Å². The molecule has 0 aromatic rings. The number of allylic oxidation sites excluding steroid dienone is 2. The van der Waals surface area contributed by atoms with E-state index in [0.717, 1.165) is 0 Å². The third-order valence-electron chi connectivity index (χ3n) is 3.25. The fourth-order valence-electron chi connectivity index (χ4n) is 2.58. The lowest BCUT2D eigenvalue weighted by atomic mass is 9.76. The summed E-state index contributed by atoms with van der Waals surface area (Å²) in [7, 11) is 0. The Kier molecular flexibility index (Phi) is 2.88. The van der Waals surface area contributed by atoms with Crippen molar-refractivity contribution in [3.8, 4) is 6.07 Å². The smallest absolute Gasteiger partial charge is 0.219 e. The molecule has 90 valence electrons. The first-order valence-corrected chi connectivity index (χ1v) is 5.68. The zero-order chi connectivity index (χ0) is 12.5. The van der Waals surface area contributed by atoms with Gasteiger partial charge in [0, 0.05) is 19.8 Å². The van der Waals surface area contributed by atoms with Gasteiger partial charge in [-0.3, -0.25) is 9.59 Å². The second kappa shape index (κ2) is 4.21. The normalized spacial score (nSPS) is 31.6. The summed E-state index contributed by atoms with van der Waals surface area (Å²) in [5.41, 5.74) is -0.999. The first kappa shape index (κ1) is 11.6. The number of nitrogens with zero attached hydrogens (tertiary/aromatic N) is 1. The molecule has 2 rings (SSSR count). The number of hydrogen-bond donors (Lipinski definition) is 1. The average Bonchev–Trinajstić information content (AvgIpc) is 2.27. The SMILES string of the molecule is CC(=O)N[C@@]12CCCC(=O)[C@H]1CC=C(C#N)O2. The van der Waals surface area contributed by atoms with Crippen LogP contribution in [0, 0.1) is 17.2 Å². The quantitative estimate of drug-likeness (QED) is 0.734. The molecule has 1 aliphatic heterocycles. The Morgan fingerprint density at radius 2 is 2.47 bits per heavy atom. The van der Waals surface area contributed by atoms with E-state index in [9.17, 15) is 9.59 Å². The minimum absolute atomic E-state index is 0.0956. The largest absolute Gasteiger partial charge is 0.457 e. The van der Waals surface area contributed by atoms with Crippen molar-refractivity contribution >= 4 is 11.7 Å². The van der Waals surface area contributed by atoms with E-state index in [-0.39, 0.29) is 23.4 Å². The van der Waals surface area contributed by atoms with Crippen LogP contribution in [-0.4, -0.2) is 17.4 Å². The molecule has 0 saturated heterocycles. The summed E-state index contributed by atoms with van der Waals surface area (Å²) in [6.45, 7) is 1.39. The van der Waals surface area contributed by atoms with Crippen LogP contribution in [0.1, 0.15) is 32.6 Å². The van der Waals surface area contributed by atoms with E-state index in [2.05, 4.69) is 5.32 Å². The number of hydrogen-bond acceptors (Lipinski definition) is 4. The fraction of sp³-hybridized carbons (Fsp3) is 0.583. The van der Waals surface area contributed by atoms with Crippen LogP contribution >= 0.6 is 0 Å². The van der Waals surface area contributed by atoms with E-state index >= 15 is 0 Å². The van der Waals surface area contributed by atoms with Crippen LogP contribution in [-0.2, 0) is 14.3 Å². The zero-order valence-electron chi connectivity index (χ0n) is 9.66. The highest BCUT2D eigenvalue weighted by atomic mass is 16.5. The maximum absolute atomic E-state index is 11.9. The van der Waals surface area contributed by atoms with E-state index in [0.29, 0.717) is 25.7 Å². The number of rotatable bonds is 1. The van der Waals surface area contributed by atoms with Gasteiger partial charge in [-0.1, -0.05) is 0 Å². The van der Waals surface area contributed by atoms with Crippen LogP contribution in [0.15, 0.2) is 11.8 Å². The lowest BCUT2D eigenvalue weighted by Crippen LogP contribution is -2.60. The number of ketones is 1. The number of nitriles is 1. The Labute approximate surface area is 99.4 Å². The van der Waals surface area contributed by atoms with Crippen LogP contribution in [0.4, 0.5) is 0 Å². The van der Waals surface area contributed by atoms with E-state index in [4.69, 9.17) is 10.00 Å². The van der Waals surface area contributed by atoms with Crippen molar-refractivity contribution in [3.63, 3.8) is 0 Å². The van der Waals surface area contributed by atoms with Crippen molar-refractivity contribution in [1.82, 2.24) is 5.32 Å². The topological polar surface area (TPSA) is 79.2 Å². The molecular formula is C12H14N2O3. The van der Waals surface area contributed by atoms with E-state index in [1.54, 1.807) is 6.08 Å².